The van der Waals surface area contributed by atoms with Crippen molar-refractivity contribution >= 4 is 17.9 Å². The van der Waals surface area contributed by atoms with Gasteiger partial charge < -0.3 is 15.1 Å². The molecule has 5 heteroatoms. The second-order valence-electron chi connectivity index (χ2n) is 5.37. The summed E-state index contributed by atoms with van der Waals surface area (Å²) in [6, 6.07) is 7.43. The minimum absolute atomic E-state index is 0.197. The number of anilines is 1. The SMILES string of the molecule is Cc1ccc(N(C)C(=O)C2=CC(C(O)O)CC=C2C=O)cc1. The zero-order chi connectivity index (χ0) is 16.3. The minimum atomic E-state index is -1.56. The van der Waals surface area contributed by atoms with Gasteiger partial charge in [-0.1, -0.05) is 29.8 Å². The number of amides is 1. The molecule has 1 aliphatic carbocycles. The van der Waals surface area contributed by atoms with E-state index in [4.69, 9.17) is 0 Å². The Labute approximate surface area is 129 Å². The Morgan fingerprint density at radius 2 is 1.95 bits per heavy atom. The first-order valence-electron chi connectivity index (χ1n) is 7.02. The van der Waals surface area contributed by atoms with Gasteiger partial charge in [0.2, 0.25) is 0 Å². The normalized spacial score (nSPS) is 17.8. The Morgan fingerprint density at radius 3 is 2.50 bits per heavy atom. The van der Waals surface area contributed by atoms with Gasteiger partial charge in [-0.3, -0.25) is 9.59 Å². The van der Waals surface area contributed by atoms with Gasteiger partial charge in [-0.15, -0.1) is 0 Å². The molecule has 2 rings (SSSR count). The predicted octanol–water partition coefficient (Wildman–Crippen LogP) is 1.34. The number of allylic oxidation sites excluding steroid dienone is 1. The van der Waals surface area contributed by atoms with Crippen LogP contribution in [0.15, 0.2) is 47.6 Å². The third kappa shape index (κ3) is 3.32. The first-order chi connectivity index (χ1) is 10.4. The lowest BCUT2D eigenvalue weighted by atomic mass is 9.90. The topological polar surface area (TPSA) is 77.8 Å². The van der Waals surface area contributed by atoms with Crippen LogP contribution in [-0.4, -0.2) is 35.7 Å². The van der Waals surface area contributed by atoms with E-state index in [1.165, 1.54) is 11.0 Å². The van der Waals surface area contributed by atoms with Crippen LogP contribution in [0.1, 0.15) is 12.0 Å². The number of rotatable bonds is 4. The second-order valence-corrected chi connectivity index (χ2v) is 5.37. The van der Waals surface area contributed by atoms with E-state index in [1.54, 1.807) is 13.1 Å². The molecule has 5 nitrogen and oxygen atoms in total. The van der Waals surface area contributed by atoms with Crippen molar-refractivity contribution in [1.29, 1.82) is 0 Å². The second kappa shape index (κ2) is 6.68. The van der Waals surface area contributed by atoms with Crippen LogP contribution < -0.4 is 4.90 Å². The number of hydrogen-bond acceptors (Lipinski definition) is 4. The standard InChI is InChI=1S/C17H19NO4/c1-11-3-7-14(8-4-11)18(2)16(20)15-9-12(17(21)22)5-6-13(15)10-19/h3-4,6-10,12,17,21-22H,5H2,1-2H3. The maximum atomic E-state index is 12.6. The van der Waals surface area contributed by atoms with E-state index in [0.717, 1.165) is 5.56 Å². The van der Waals surface area contributed by atoms with Crippen molar-refractivity contribution in [3.8, 4) is 0 Å². The zero-order valence-corrected chi connectivity index (χ0v) is 12.6. The van der Waals surface area contributed by atoms with Crippen LogP contribution >= 0.6 is 0 Å². The third-order valence-electron chi connectivity index (χ3n) is 3.77. The van der Waals surface area contributed by atoms with Gasteiger partial charge in [0, 0.05) is 29.8 Å². The van der Waals surface area contributed by atoms with Gasteiger partial charge in [0.25, 0.3) is 5.91 Å². The first kappa shape index (κ1) is 16.1. The molecule has 0 aliphatic heterocycles. The van der Waals surface area contributed by atoms with Gasteiger partial charge in [-0.25, -0.2) is 0 Å². The molecular weight excluding hydrogens is 282 g/mol. The average molecular weight is 301 g/mol. The summed E-state index contributed by atoms with van der Waals surface area (Å²) in [5.41, 5.74) is 2.26. The van der Waals surface area contributed by atoms with E-state index in [2.05, 4.69) is 0 Å². The van der Waals surface area contributed by atoms with Gasteiger partial charge in [0.05, 0.1) is 0 Å². The van der Waals surface area contributed by atoms with Gasteiger partial charge in [-0.05, 0) is 25.5 Å². The van der Waals surface area contributed by atoms with Crippen LogP contribution in [0.5, 0.6) is 0 Å². The Morgan fingerprint density at radius 1 is 1.32 bits per heavy atom. The van der Waals surface area contributed by atoms with E-state index in [9.17, 15) is 19.8 Å². The third-order valence-corrected chi connectivity index (χ3v) is 3.77. The molecule has 2 N–H and O–H groups in total. The van der Waals surface area contributed by atoms with E-state index in [0.29, 0.717) is 18.4 Å². The van der Waals surface area contributed by atoms with E-state index >= 15 is 0 Å². The van der Waals surface area contributed by atoms with Crippen molar-refractivity contribution in [2.24, 2.45) is 5.92 Å². The molecule has 0 radical (unpaired) electrons. The van der Waals surface area contributed by atoms with Crippen molar-refractivity contribution in [1.82, 2.24) is 0 Å². The summed E-state index contributed by atoms with van der Waals surface area (Å²) in [4.78, 5) is 25.2. The first-order valence-corrected chi connectivity index (χ1v) is 7.02. The van der Waals surface area contributed by atoms with Gasteiger partial charge in [-0.2, -0.15) is 0 Å². The van der Waals surface area contributed by atoms with Gasteiger partial charge >= 0.3 is 0 Å². The highest BCUT2D eigenvalue weighted by atomic mass is 16.5. The molecule has 1 aromatic rings. The summed E-state index contributed by atoms with van der Waals surface area (Å²) in [6.45, 7) is 1.95. The minimum Gasteiger partial charge on any atom is -0.368 e. The molecule has 0 bridgehead atoms. The van der Waals surface area contributed by atoms with Crippen LogP contribution in [0.25, 0.3) is 0 Å². The Hall–Kier alpha value is -2.24. The summed E-state index contributed by atoms with van der Waals surface area (Å²) in [6.07, 6.45) is 2.40. The van der Waals surface area contributed by atoms with Crippen LogP contribution in [-0.2, 0) is 9.59 Å². The molecule has 1 unspecified atom stereocenters. The number of aliphatic hydroxyl groups is 2. The molecule has 116 valence electrons. The average Bonchev–Trinajstić information content (AvgIpc) is 2.53. The highest BCUT2D eigenvalue weighted by Gasteiger charge is 2.26. The molecule has 0 aromatic heterocycles. The van der Waals surface area contributed by atoms with E-state index < -0.39 is 12.2 Å². The van der Waals surface area contributed by atoms with Crippen LogP contribution in [0.2, 0.25) is 0 Å². The van der Waals surface area contributed by atoms with Gasteiger partial charge in [0.1, 0.15) is 0 Å². The lowest BCUT2D eigenvalue weighted by Gasteiger charge is -2.24. The smallest absolute Gasteiger partial charge is 0.258 e. The number of aldehydes is 1. The summed E-state index contributed by atoms with van der Waals surface area (Å²) >= 11 is 0. The number of nitrogens with zero attached hydrogens (tertiary/aromatic N) is 1. The molecule has 22 heavy (non-hydrogen) atoms. The maximum absolute atomic E-state index is 12.6. The van der Waals surface area contributed by atoms with Crippen LogP contribution in [0.3, 0.4) is 0 Å². The molecule has 0 heterocycles. The largest absolute Gasteiger partial charge is 0.368 e. The molecule has 0 fully saturated rings. The highest BCUT2D eigenvalue weighted by molar-refractivity contribution is 6.12. The fourth-order valence-electron chi connectivity index (χ4n) is 2.33. The van der Waals surface area contributed by atoms with Gasteiger partial charge in [0.15, 0.2) is 12.6 Å². The molecule has 0 spiro atoms. The lowest BCUT2D eigenvalue weighted by Crippen LogP contribution is -2.31. The predicted molar refractivity (Wildman–Crippen MR) is 83.2 cm³/mol. The monoisotopic (exact) mass is 301 g/mol. The summed E-state index contributed by atoms with van der Waals surface area (Å²) in [5, 5.41) is 18.6. The summed E-state index contributed by atoms with van der Waals surface area (Å²) in [5.74, 6) is -0.943. The Balaban J connectivity index is 2.30. The number of likely N-dealkylation sites (N-methyl/N-ethyl adjacent to an activating group) is 1. The fraction of sp³-hybridized carbons (Fsp3) is 0.294. The molecule has 1 atom stereocenters. The number of aliphatic hydroxyl groups excluding tert-OH is 1. The highest BCUT2D eigenvalue weighted by Crippen LogP contribution is 2.26. The number of aryl methyl sites for hydroxylation is 1. The lowest BCUT2D eigenvalue weighted by molar-refractivity contribution is -0.115. The Kier molecular flexibility index (Phi) is 4.90. The summed E-state index contributed by atoms with van der Waals surface area (Å²) < 4.78 is 0. The summed E-state index contributed by atoms with van der Waals surface area (Å²) in [7, 11) is 1.62. The van der Waals surface area contributed by atoms with Crippen molar-refractivity contribution in [2.75, 3.05) is 11.9 Å². The maximum Gasteiger partial charge on any atom is 0.258 e. The van der Waals surface area contributed by atoms with Crippen molar-refractivity contribution in [3.63, 3.8) is 0 Å². The van der Waals surface area contributed by atoms with Crippen molar-refractivity contribution < 1.29 is 19.8 Å². The van der Waals surface area contributed by atoms with E-state index in [-0.39, 0.29) is 17.1 Å². The molecule has 1 aliphatic rings. The Bertz CT molecular complexity index is 629. The van der Waals surface area contributed by atoms with E-state index in [1.807, 2.05) is 31.2 Å². The molecule has 0 saturated carbocycles. The molecule has 1 amide bonds. The fourth-order valence-corrected chi connectivity index (χ4v) is 2.33. The number of carbonyl (C=O) groups is 2. The molecule has 0 saturated heterocycles. The molecule has 1 aromatic carbocycles. The van der Waals surface area contributed by atoms with Crippen molar-refractivity contribution in [3.05, 3.63) is 53.1 Å². The van der Waals surface area contributed by atoms with Crippen molar-refractivity contribution in [2.45, 2.75) is 19.6 Å². The number of benzene rings is 1. The van der Waals surface area contributed by atoms with Crippen LogP contribution in [0.4, 0.5) is 5.69 Å². The number of hydrogen-bond donors (Lipinski definition) is 2. The number of carbonyl (C=O) groups excluding carboxylic acids is 2. The van der Waals surface area contributed by atoms with Crippen LogP contribution in [0, 0.1) is 12.8 Å². The zero-order valence-electron chi connectivity index (χ0n) is 12.6. The molecular formula is C17H19NO4. The quantitative estimate of drug-likeness (QED) is 0.650.